The Morgan fingerprint density at radius 2 is 2.11 bits per heavy atom. The van der Waals surface area contributed by atoms with Crippen LogP contribution < -0.4 is 11.1 Å². The zero-order valence-electron chi connectivity index (χ0n) is 10.5. The third kappa shape index (κ3) is 2.88. The highest BCUT2D eigenvalue weighted by atomic mass is 32.1. The Morgan fingerprint density at radius 3 is 2.78 bits per heavy atom. The first-order valence-corrected chi connectivity index (χ1v) is 6.65. The van der Waals surface area contributed by atoms with E-state index in [1.165, 1.54) is 11.1 Å². The summed E-state index contributed by atoms with van der Waals surface area (Å²) in [5.41, 5.74) is 8.16. The number of hydrogen-bond donors (Lipinski definition) is 2. The minimum atomic E-state index is -0.232. The summed E-state index contributed by atoms with van der Waals surface area (Å²) in [4.78, 5) is 12.4. The van der Waals surface area contributed by atoms with Crippen LogP contribution in [0.4, 0.5) is 0 Å². The fourth-order valence-electron chi connectivity index (χ4n) is 2.32. The van der Waals surface area contributed by atoms with Crippen molar-refractivity contribution >= 4 is 23.1 Å². The topological polar surface area (TPSA) is 55.1 Å². The van der Waals surface area contributed by atoms with Crippen molar-refractivity contribution in [3.8, 4) is 0 Å². The van der Waals surface area contributed by atoms with Gasteiger partial charge < -0.3 is 11.1 Å². The van der Waals surface area contributed by atoms with Gasteiger partial charge in [-0.2, -0.15) is 0 Å². The maximum atomic E-state index is 12.1. The molecule has 18 heavy (non-hydrogen) atoms. The molecule has 0 fully saturated rings. The molecule has 4 heteroatoms. The van der Waals surface area contributed by atoms with Crippen LogP contribution in [-0.2, 0) is 17.6 Å². The molecule has 0 spiro atoms. The molecule has 0 radical (unpaired) electrons. The lowest BCUT2D eigenvalue weighted by molar-refractivity contribution is -0.125. The molecule has 0 heterocycles. The molecule has 0 saturated heterocycles. The van der Waals surface area contributed by atoms with Crippen LogP contribution >= 0.6 is 12.2 Å². The van der Waals surface area contributed by atoms with Gasteiger partial charge in [0, 0.05) is 5.92 Å². The van der Waals surface area contributed by atoms with Gasteiger partial charge in [0.2, 0.25) is 5.91 Å². The molecule has 1 aliphatic carbocycles. The predicted molar refractivity (Wildman–Crippen MR) is 76.3 cm³/mol. The van der Waals surface area contributed by atoms with Gasteiger partial charge in [-0.3, -0.25) is 4.79 Å². The Bertz CT molecular complexity index is 473. The summed E-state index contributed by atoms with van der Waals surface area (Å²) in [6.45, 7) is 1.82. The number of aryl methyl sites for hydroxylation is 1. The van der Waals surface area contributed by atoms with Crippen LogP contribution in [0.5, 0.6) is 0 Å². The van der Waals surface area contributed by atoms with Gasteiger partial charge in [-0.05, 0) is 37.3 Å². The first kappa shape index (κ1) is 13.0. The minimum Gasteiger partial charge on any atom is -0.392 e. The van der Waals surface area contributed by atoms with Gasteiger partial charge >= 0.3 is 0 Å². The van der Waals surface area contributed by atoms with Gasteiger partial charge in [-0.25, -0.2) is 0 Å². The van der Waals surface area contributed by atoms with Gasteiger partial charge in [-0.1, -0.05) is 36.5 Å². The van der Waals surface area contributed by atoms with E-state index in [2.05, 4.69) is 17.4 Å². The summed E-state index contributed by atoms with van der Waals surface area (Å²) >= 11 is 4.86. The SMILES string of the molecule is CC(NC(=O)C1CCc2ccccc2C1)C(N)=S. The number of thiocarbonyl (C=S) groups is 1. The van der Waals surface area contributed by atoms with Gasteiger partial charge in [0.15, 0.2) is 0 Å². The highest BCUT2D eigenvalue weighted by Crippen LogP contribution is 2.25. The van der Waals surface area contributed by atoms with Crippen molar-refractivity contribution in [3.05, 3.63) is 35.4 Å². The van der Waals surface area contributed by atoms with E-state index in [1.54, 1.807) is 0 Å². The summed E-state index contributed by atoms with van der Waals surface area (Å²) in [5.74, 6) is 0.0986. The van der Waals surface area contributed by atoms with E-state index in [1.807, 2.05) is 19.1 Å². The van der Waals surface area contributed by atoms with Crippen molar-refractivity contribution in [2.75, 3.05) is 0 Å². The molecule has 2 atom stereocenters. The van der Waals surface area contributed by atoms with E-state index >= 15 is 0 Å². The maximum absolute atomic E-state index is 12.1. The molecular weight excluding hydrogens is 244 g/mol. The number of hydrogen-bond acceptors (Lipinski definition) is 2. The van der Waals surface area contributed by atoms with Crippen LogP contribution in [-0.4, -0.2) is 16.9 Å². The number of rotatable bonds is 3. The second-order valence-electron chi connectivity index (χ2n) is 4.84. The number of benzene rings is 1. The number of carbonyl (C=O) groups is 1. The molecule has 3 N–H and O–H groups in total. The Kier molecular flexibility index (Phi) is 3.97. The van der Waals surface area contributed by atoms with E-state index in [0.29, 0.717) is 4.99 Å². The van der Waals surface area contributed by atoms with Crippen molar-refractivity contribution in [3.63, 3.8) is 0 Å². The lowest BCUT2D eigenvalue weighted by Crippen LogP contribution is -2.44. The number of nitrogens with one attached hydrogen (secondary N) is 1. The monoisotopic (exact) mass is 262 g/mol. The Labute approximate surface area is 113 Å². The van der Waals surface area contributed by atoms with E-state index < -0.39 is 0 Å². The minimum absolute atomic E-state index is 0.0386. The zero-order valence-corrected chi connectivity index (χ0v) is 11.3. The van der Waals surface area contributed by atoms with Crippen molar-refractivity contribution < 1.29 is 4.79 Å². The normalized spacial score (nSPS) is 19.7. The standard InChI is InChI=1S/C14H18N2OS/c1-9(13(15)18)16-14(17)12-7-6-10-4-2-3-5-11(10)8-12/h2-5,9,12H,6-8H2,1H3,(H2,15,18)(H,16,17). The maximum Gasteiger partial charge on any atom is 0.224 e. The second-order valence-corrected chi connectivity index (χ2v) is 5.31. The van der Waals surface area contributed by atoms with Crippen molar-refractivity contribution in [1.29, 1.82) is 0 Å². The molecule has 0 bridgehead atoms. The molecule has 96 valence electrons. The molecule has 0 saturated carbocycles. The third-order valence-electron chi connectivity index (χ3n) is 3.50. The van der Waals surface area contributed by atoms with Crippen LogP contribution in [0, 0.1) is 5.92 Å². The fraction of sp³-hybridized carbons (Fsp3) is 0.429. The quantitative estimate of drug-likeness (QED) is 0.813. The second kappa shape index (κ2) is 5.48. The Morgan fingerprint density at radius 1 is 1.44 bits per heavy atom. The molecular formula is C14H18N2OS. The summed E-state index contributed by atoms with van der Waals surface area (Å²) < 4.78 is 0. The van der Waals surface area contributed by atoms with Gasteiger partial charge in [0.1, 0.15) is 0 Å². The number of carbonyl (C=O) groups excluding carboxylic acids is 1. The fourth-order valence-corrected chi connectivity index (χ4v) is 2.38. The predicted octanol–water partition coefficient (Wildman–Crippen LogP) is 1.58. The van der Waals surface area contributed by atoms with Crippen LogP contribution in [0.1, 0.15) is 24.5 Å². The van der Waals surface area contributed by atoms with E-state index in [9.17, 15) is 4.79 Å². The summed E-state index contributed by atoms with van der Waals surface area (Å²) in [7, 11) is 0. The van der Waals surface area contributed by atoms with Crippen molar-refractivity contribution in [2.45, 2.75) is 32.2 Å². The molecule has 2 unspecified atom stereocenters. The van der Waals surface area contributed by atoms with Gasteiger partial charge in [0.25, 0.3) is 0 Å². The molecule has 2 rings (SSSR count). The smallest absolute Gasteiger partial charge is 0.224 e. The number of nitrogens with two attached hydrogens (primary N) is 1. The molecule has 3 nitrogen and oxygen atoms in total. The van der Waals surface area contributed by atoms with Crippen molar-refractivity contribution in [1.82, 2.24) is 5.32 Å². The van der Waals surface area contributed by atoms with Gasteiger partial charge in [0.05, 0.1) is 11.0 Å². The molecule has 1 amide bonds. The summed E-state index contributed by atoms with van der Waals surface area (Å²) in [5, 5.41) is 2.87. The summed E-state index contributed by atoms with van der Waals surface area (Å²) in [6, 6.07) is 8.09. The highest BCUT2D eigenvalue weighted by Gasteiger charge is 2.25. The van der Waals surface area contributed by atoms with Gasteiger partial charge in [-0.15, -0.1) is 0 Å². The number of fused-ring (bicyclic) bond motifs is 1. The van der Waals surface area contributed by atoms with Crippen LogP contribution in [0.2, 0.25) is 0 Å². The largest absolute Gasteiger partial charge is 0.392 e. The van der Waals surface area contributed by atoms with Crippen LogP contribution in [0.25, 0.3) is 0 Å². The first-order valence-electron chi connectivity index (χ1n) is 6.24. The lowest BCUT2D eigenvalue weighted by Gasteiger charge is -2.25. The van der Waals surface area contributed by atoms with E-state index in [-0.39, 0.29) is 17.9 Å². The Hall–Kier alpha value is -1.42. The van der Waals surface area contributed by atoms with Crippen LogP contribution in [0.15, 0.2) is 24.3 Å². The average Bonchev–Trinajstić information content (AvgIpc) is 2.37. The molecule has 1 aromatic carbocycles. The highest BCUT2D eigenvalue weighted by molar-refractivity contribution is 7.80. The van der Waals surface area contributed by atoms with E-state index in [4.69, 9.17) is 18.0 Å². The molecule has 1 aliphatic rings. The lowest BCUT2D eigenvalue weighted by atomic mass is 9.83. The molecule has 0 aromatic heterocycles. The Balaban J connectivity index is 2.00. The van der Waals surface area contributed by atoms with E-state index in [0.717, 1.165) is 19.3 Å². The first-order chi connectivity index (χ1) is 8.58. The average molecular weight is 262 g/mol. The third-order valence-corrected chi connectivity index (χ3v) is 3.86. The molecule has 0 aliphatic heterocycles. The molecule has 1 aromatic rings. The summed E-state index contributed by atoms with van der Waals surface area (Å²) in [6.07, 6.45) is 2.68. The van der Waals surface area contributed by atoms with Crippen LogP contribution in [0.3, 0.4) is 0 Å². The van der Waals surface area contributed by atoms with Crippen molar-refractivity contribution in [2.24, 2.45) is 11.7 Å². The number of amides is 1. The zero-order chi connectivity index (χ0) is 13.1.